The molecule has 29 heavy (non-hydrogen) atoms. The van der Waals surface area contributed by atoms with Crippen LogP contribution in [0.2, 0.25) is 0 Å². The molecule has 1 unspecified atom stereocenters. The molecule has 9 heteroatoms. The first-order valence-corrected chi connectivity index (χ1v) is 9.75. The minimum absolute atomic E-state index is 0.0469. The van der Waals surface area contributed by atoms with Crippen molar-refractivity contribution < 1.29 is 18.8 Å². The standard InChI is InChI=1S/C20H27N5O4/c1-12(2)28-20(27)22-16-8-10-25(13(3)26)17-6-5-14(11-15(16)17)19-23-18(24-29-19)7-9-21-4/h5-6,11-12,16,21H,7-10H2,1-4H3,(H,22,27). The fraction of sp³-hybridized carbons (Fsp3) is 0.500. The fourth-order valence-corrected chi connectivity index (χ4v) is 3.32. The smallest absolute Gasteiger partial charge is 0.407 e. The number of carbonyl (C=O) groups is 2. The molecule has 156 valence electrons. The van der Waals surface area contributed by atoms with E-state index in [0.717, 1.165) is 23.4 Å². The van der Waals surface area contributed by atoms with Crippen molar-refractivity contribution in [2.45, 2.75) is 45.8 Å². The van der Waals surface area contributed by atoms with Gasteiger partial charge >= 0.3 is 6.09 Å². The number of anilines is 1. The summed E-state index contributed by atoms with van der Waals surface area (Å²) in [5.74, 6) is 0.976. The highest BCUT2D eigenvalue weighted by Crippen LogP contribution is 2.36. The molecule has 1 aliphatic rings. The lowest BCUT2D eigenvalue weighted by Gasteiger charge is -2.34. The molecule has 1 aliphatic heterocycles. The molecule has 0 fully saturated rings. The Hall–Kier alpha value is -2.94. The van der Waals surface area contributed by atoms with Gasteiger partial charge in [-0.05, 0) is 51.1 Å². The number of carbonyl (C=O) groups excluding carboxylic acids is 2. The predicted octanol–water partition coefficient (Wildman–Crippen LogP) is 2.43. The number of ether oxygens (including phenoxy) is 1. The van der Waals surface area contributed by atoms with Gasteiger partial charge in [0.05, 0.1) is 12.1 Å². The highest BCUT2D eigenvalue weighted by Gasteiger charge is 2.29. The summed E-state index contributed by atoms with van der Waals surface area (Å²) in [4.78, 5) is 30.3. The first-order chi connectivity index (χ1) is 13.9. The van der Waals surface area contributed by atoms with Gasteiger partial charge in [0.2, 0.25) is 5.91 Å². The number of hydrogen-bond donors (Lipinski definition) is 2. The Labute approximate surface area is 169 Å². The van der Waals surface area contributed by atoms with Gasteiger partial charge in [-0.1, -0.05) is 5.16 Å². The van der Waals surface area contributed by atoms with Gasteiger partial charge in [-0.25, -0.2) is 4.79 Å². The molecule has 2 aromatic rings. The summed E-state index contributed by atoms with van der Waals surface area (Å²) < 4.78 is 10.6. The van der Waals surface area contributed by atoms with Crippen LogP contribution in [0.1, 0.15) is 44.6 Å². The van der Waals surface area contributed by atoms with Crippen LogP contribution >= 0.6 is 0 Å². The van der Waals surface area contributed by atoms with Crippen molar-refractivity contribution in [2.24, 2.45) is 0 Å². The molecule has 0 radical (unpaired) electrons. The van der Waals surface area contributed by atoms with E-state index in [4.69, 9.17) is 9.26 Å². The Bertz CT molecular complexity index is 880. The minimum Gasteiger partial charge on any atom is -0.447 e. The number of rotatable bonds is 6. The maximum absolute atomic E-state index is 12.1. The molecule has 1 aromatic heterocycles. The van der Waals surface area contributed by atoms with Gasteiger partial charge in [0.25, 0.3) is 5.89 Å². The number of nitrogens with one attached hydrogen (secondary N) is 2. The van der Waals surface area contributed by atoms with E-state index >= 15 is 0 Å². The van der Waals surface area contributed by atoms with Crippen LogP contribution in [-0.4, -0.2) is 48.4 Å². The van der Waals surface area contributed by atoms with Crippen molar-refractivity contribution in [3.05, 3.63) is 29.6 Å². The van der Waals surface area contributed by atoms with Gasteiger partial charge in [-0.2, -0.15) is 4.98 Å². The van der Waals surface area contributed by atoms with Crippen LogP contribution in [0.15, 0.2) is 22.7 Å². The maximum Gasteiger partial charge on any atom is 0.407 e. The molecule has 2 amide bonds. The number of amides is 2. The Morgan fingerprint density at radius 2 is 2.17 bits per heavy atom. The largest absolute Gasteiger partial charge is 0.447 e. The van der Waals surface area contributed by atoms with Crippen molar-refractivity contribution in [3.63, 3.8) is 0 Å². The molecule has 3 rings (SSSR count). The summed E-state index contributed by atoms with van der Waals surface area (Å²) in [6.45, 7) is 6.39. The second-order valence-corrected chi connectivity index (χ2v) is 7.25. The number of alkyl carbamates (subject to hydrolysis) is 1. The van der Waals surface area contributed by atoms with Gasteiger partial charge < -0.3 is 24.8 Å². The van der Waals surface area contributed by atoms with Gasteiger partial charge in [0, 0.05) is 37.7 Å². The Kier molecular flexibility index (Phi) is 6.48. The summed E-state index contributed by atoms with van der Waals surface area (Å²) in [6.07, 6.45) is 0.548. The summed E-state index contributed by atoms with van der Waals surface area (Å²) in [5, 5.41) is 9.96. The molecule has 1 aromatic carbocycles. The zero-order chi connectivity index (χ0) is 21.0. The van der Waals surface area contributed by atoms with Crippen LogP contribution in [0.25, 0.3) is 11.5 Å². The van der Waals surface area contributed by atoms with Crippen LogP contribution in [0.4, 0.5) is 10.5 Å². The lowest BCUT2D eigenvalue weighted by atomic mass is 9.94. The molecule has 9 nitrogen and oxygen atoms in total. The molecule has 1 atom stereocenters. The molecule has 0 spiro atoms. The van der Waals surface area contributed by atoms with E-state index in [1.54, 1.807) is 18.7 Å². The maximum atomic E-state index is 12.1. The first kappa shape index (κ1) is 20.8. The van der Waals surface area contributed by atoms with Crippen molar-refractivity contribution in [1.82, 2.24) is 20.8 Å². The minimum atomic E-state index is -0.482. The van der Waals surface area contributed by atoms with Crippen LogP contribution in [0.3, 0.4) is 0 Å². The molecular formula is C20H27N5O4. The van der Waals surface area contributed by atoms with Gasteiger partial charge in [0.1, 0.15) is 0 Å². The molecule has 2 heterocycles. The third kappa shape index (κ3) is 4.92. The van der Waals surface area contributed by atoms with Crippen molar-refractivity contribution in [1.29, 1.82) is 0 Å². The third-order valence-corrected chi connectivity index (χ3v) is 4.66. The van der Waals surface area contributed by atoms with Crippen LogP contribution in [0, 0.1) is 0 Å². The molecule has 0 saturated heterocycles. The summed E-state index contributed by atoms with van der Waals surface area (Å²) in [6, 6.07) is 5.31. The summed E-state index contributed by atoms with van der Waals surface area (Å²) in [5.41, 5.74) is 2.32. The second kappa shape index (κ2) is 9.04. The number of benzene rings is 1. The monoisotopic (exact) mass is 401 g/mol. The van der Waals surface area contributed by atoms with Gasteiger partial charge in [-0.15, -0.1) is 0 Å². The lowest BCUT2D eigenvalue weighted by Crippen LogP contribution is -2.40. The molecule has 0 bridgehead atoms. The molecular weight excluding hydrogens is 374 g/mol. The van der Waals surface area contributed by atoms with Crippen LogP contribution in [-0.2, 0) is 16.0 Å². The van der Waals surface area contributed by atoms with E-state index in [1.165, 1.54) is 6.92 Å². The highest BCUT2D eigenvalue weighted by molar-refractivity contribution is 5.93. The average molecular weight is 401 g/mol. The number of aromatic nitrogens is 2. The lowest BCUT2D eigenvalue weighted by molar-refractivity contribution is -0.116. The van der Waals surface area contributed by atoms with E-state index in [9.17, 15) is 9.59 Å². The van der Waals surface area contributed by atoms with Crippen LogP contribution in [0.5, 0.6) is 0 Å². The van der Waals surface area contributed by atoms with E-state index in [1.807, 2.05) is 25.2 Å². The zero-order valence-corrected chi connectivity index (χ0v) is 17.2. The van der Waals surface area contributed by atoms with E-state index in [0.29, 0.717) is 31.1 Å². The predicted molar refractivity (Wildman–Crippen MR) is 108 cm³/mol. The molecule has 0 aliphatic carbocycles. The number of nitrogens with zero attached hydrogens (tertiary/aromatic N) is 3. The summed E-state index contributed by atoms with van der Waals surface area (Å²) in [7, 11) is 1.86. The Morgan fingerprint density at radius 3 is 2.86 bits per heavy atom. The fourth-order valence-electron chi connectivity index (χ4n) is 3.32. The number of hydrogen-bond acceptors (Lipinski definition) is 7. The molecule has 2 N–H and O–H groups in total. The third-order valence-electron chi connectivity index (χ3n) is 4.66. The van der Waals surface area contributed by atoms with Crippen LogP contribution < -0.4 is 15.5 Å². The quantitative estimate of drug-likeness (QED) is 0.765. The van der Waals surface area contributed by atoms with E-state index in [2.05, 4.69) is 20.8 Å². The van der Waals surface area contributed by atoms with Gasteiger partial charge in [0.15, 0.2) is 5.82 Å². The SMILES string of the molecule is CNCCc1noc(-c2ccc3c(c2)C(NC(=O)OC(C)C)CCN3C(C)=O)n1. The van der Waals surface area contributed by atoms with Crippen molar-refractivity contribution >= 4 is 17.7 Å². The Morgan fingerprint density at radius 1 is 1.38 bits per heavy atom. The second-order valence-electron chi connectivity index (χ2n) is 7.25. The number of likely N-dealkylation sites (N-methyl/N-ethyl adjacent to an activating group) is 1. The van der Waals surface area contributed by atoms with E-state index in [-0.39, 0.29) is 18.1 Å². The van der Waals surface area contributed by atoms with Gasteiger partial charge in [-0.3, -0.25) is 4.79 Å². The number of fused-ring (bicyclic) bond motifs is 1. The average Bonchev–Trinajstić information content (AvgIpc) is 3.14. The Balaban J connectivity index is 1.91. The zero-order valence-electron chi connectivity index (χ0n) is 17.2. The first-order valence-electron chi connectivity index (χ1n) is 9.75. The summed E-state index contributed by atoms with van der Waals surface area (Å²) >= 11 is 0. The van der Waals surface area contributed by atoms with Crippen molar-refractivity contribution in [2.75, 3.05) is 25.0 Å². The topological polar surface area (TPSA) is 110 Å². The van der Waals surface area contributed by atoms with E-state index < -0.39 is 6.09 Å². The molecule has 0 saturated carbocycles. The highest BCUT2D eigenvalue weighted by atomic mass is 16.6. The van der Waals surface area contributed by atoms with Crippen molar-refractivity contribution in [3.8, 4) is 11.5 Å². The normalized spacial score (nSPS) is 15.9.